The number of hydrogen-bond acceptors (Lipinski definition) is 5. The van der Waals surface area contributed by atoms with Crippen molar-refractivity contribution < 1.29 is 13.2 Å². The van der Waals surface area contributed by atoms with Gasteiger partial charge in [-0.3, -0.25) is 4.79 Å². The fourth-order valence-electron chi connectivity index (χ4n) is 4.37. The van der Waals surface area contributed by atoms with Crippen molar-refractivity contribution >= 4 is 44.0 Å². The lowest BCUT2D eigenvalue weighted by Gasteiger charge is -2.31. The smallest absolute Gasteiger partial charge is 0.243 e. The Hall–Kier alpha value is -2.26. The molecule has 6 nitrogen and oxygen atoms in total. The molecule has 33 heavy (non-hydrogen) atoms. The summed E-state index contributed by atoms with van der Waals surface area (Å²) in [6.45, 7) is 6.72. The lowest BCUT2D eigenvalue weighted by atomic mass is 9.98. The maximum Gasteiger partial charge on any atom is 0.243 e. The van der Waals surface area contributed by atoms with Crippen LogP contribution in [0.2, 0.25) is 5.02 Å². The number of carbonyl (C=O) groups is 1. The second-order valence-electron chi connectivity index (χ2n) is 8.46. The van der Waals surface area contributed by atoms with Crippen LogP contribution in [0.5, 0.6) is 0 Å². The van der Waals surface area contributed by atoms with E-state index in [1.807, 2.05) is 5.38 Å². The zero-order valence-electron chi connectivity index (χ0n) is 18.8. The van der Waals surface area contributed by atoms with Gasteiger partial charge >= 0.3 is 0 Å². The highest BCUT2D eigenvalue weighted by atomic mass is 35.5. The van der Waals surface area contributed by atoms with Crippen LogP contribution in [0.1, 0.15) is 29.5 Å². The number of nitrogens with zero attached hydrogens (tertiary/aromatic N) is 2. The number of piperidine rings is 1. The number of amides is 1. The predicted molar refractivity (Wildman–Crippen MR) is 133 cm³/mol. The van der Waals surface area contributed by atoms with Crippen LogP contribution in [0.25, 0.3) is 11.3 Å². The minimum absolute atomic E-state index is 0.144. The molecule has 1 aliphatic rings. The number of benzene rings is 2. The number of hydrogen-bond donors (Lipinski definition) is 1. The third-order valence-electron chi connectivity index (χ3n) is 5.87. The normalized spacial score (nSPS) is 17.2. The van der Waals surface area contributed by atoms with Crippen molar-refractivity contribution in [2.75, 3.05) is 18.4 Å². The van der Waals surface area contributed by atoms with Gasteiger partial charge in [0.15, 0.2) is 5.13 Å². The van der Waals surface area contributed by atoms with Gasteiger partial charge in [-0.1, -0.05) is 29.3 Å². The van der Waals surface area contributed by atoms with Crippen molar-refractivity contribution in [2.24, 2.45) is 5.92 Å². The van der Waals surface area contributed by atoms with E-state index in [4.69, 9.17) is 11.6 Å². The maximum absolute atomic E-state index is 13.0. The Labute approximate surface area is 203 Å². The average molecular weight is 504 g/mol. The van der Waals surface area contributed by atoms with Gasteiger partial charge < -0.3 is 5.32 Å². The highest BCUT2D eigenvalue weighted by Gasteiger charge is 2.33. The number of aromatic nitrogens is 1. The molecule has 0 radical (unpaired) electrons. The van der Waals surface area contributed by atoms with Gasteiger partial charge in [-0.25, -0.2) is 13.4 Å². The number of thiazole rings is 1. The molecule has 1 saturated heterocycles. The summed E-state index contributed by atoms with van der Waals surface area (Å²) < 4.78 is 27.4. The van der Waals surface area contributed by atoms with Crippen LogP contribution in [-0.2, 0) is 14.8 Å². The van der Waals surface area contributed by atoms with E-state index in [2.05, 4.69) is 43.2 Å². The molecule has 0 bridgehead atoms. The number of anilines is 1. The lowest BCUT2D eigenvalue weighted by Crippen LogP contribution is -2.43. The van der Waals surface area contributed by atoms with E-state index in [0.29, 0.717) is 29.5 Å². The van der Waals surface area contributed by atoms with E-state index in [1.165, 1.54) is 33.3 Å². The molecule has 1 fully saturated rings. The van der Waals surface area contributed by atoms with E-state index in [-0.39, 0.29) is 17.3 Å². The molecule has 9 heteroatoms. The number of nitrogens with one attached hydrogen (secondary N) is 1. The molecule has 2 aromatic carbocycles. The molecule has 1 N–H and O–H groups in total. The molecule has 0 aliphatic carbocycles. The Morgan fingerprint density at radius 3 is 2.48 bits per heavy atom. The van der Waals surface area contributed by atoms with E-state index < -0.39 is 15.9 Å². The molecular formula is C24H26ClN3O3S2. The van der Waals surface area contributed by atoms with Gasteiger partial charge in [0.25, 0.3) is 0 Å². The van der Waals surface area contributed by atoms with E-state index >= 15 is 0 Å². The summed E-state index contributed by atoms with van der Waals surface area (Å²) in [7, 11) is -3.68. The number of carbonyl (C=O) groups excluding carboxylic acids is 1. The minimum atomic E-state index is -3.68. The highest BCUT2D eigenvalue weighted by Crippen LogP contribution is 2.32. The highest BCUT2D eigenvalue weighted by molar-refractivity contribution is 7.89. The molecule has 4 rings (SSSR count). The van der Waals surface area contributed by atoms with Gasteiger partial charge in [0.1, 0.15) is 0 Å². The SMILES string of the molecule is Cc1cc(C)c(-c2csc(NC(=O)C3CCCN(S(=O)(=O)c4ccc(Cl)cc4)C3)n2)c(C)c1. The van der Waals surface area contributed by atoms with Crippen LogP contribution in [-0.4, -0.2) is 36.7 Å². The van der Waals surface area contributed by atoms with Gasteiger partial charge in [0, 0.05) is 29.1 Å². The molecular weight excluding hydrogens is 478 g/mol. The van der Waals surface area contributed by atoms with Crippen LogP contribution < -0.4 is 5.32 Å². The molecule has 174 valence electrons. The Balaban J connectivity index is 1.47. The molecule has 1 aliphatic heterocycles. The number of aryl methyl sites for hydroxylation is 3. The van der Waals surface area contributed by atoms with E-state index in [9.17, 15) is 13.2 Å². The molecule has 1 aromatic heterocycles. The number of rotatable bonds is 5. The Kier molecular flexibility index (Phi) is 6.91. The number of sulfonamides is 1. The fourth-order valence-corrected chi connectivity index (χ4v) is 6.72. The monoisotopic (exact) mass is 503 g/mol. The van der Waals surface area contributed by atoms with Crippen LogP contribution in [0, 0.1) is 26.7 Å². The van der Waals surface area contributed by atoms with Gasteiger partial charge in [0.2, 0.25) is 15.9 Å². The summed E-state index contributed by atoms with van der Waals surface area (Å²) >= 11 is 7.26. The van der Waals surface area contributed by atoms with Gasteiger partial charge in [-0.05, 0) is 69.0 Å². The Morgan fingerprint density at radius 2 is 1.82 bits per heavy atom. The van der Waals surface area contributed by atoms with Crippen LogP contribution >= 0.6 is 22.9 Å². The van der Waals surface area contributed by atoms with E-state index in [0.717, 1.165) is 22.4 Å². The molecule has 3 aromatic rings. The average Bonchev–Trinajstić information content (AvgIpc) is 3.21. The summed E-state index contributed by atoms with van der Waals surface area (Å²) in [4.78, 5) is 17.8. The van der Waals surface area contributed by atoms with Crippen molar-refractivity contribution in [3.8, 4) is 11.3 Å². The van der Waals surface area contributed by atoms with Crippen molar-refractivity contribution in [1.82, 2.24) is 9.29 Å². The zero-order chi connectivity index (χ0) is 23.8. The van der Waals surface area contributed by atoms with Gasteiger partial charge in [0.05, 0.1) is 16.5 Å². The van der Waals surface area contributed by atoms with Crippen molar-refractivity contribution in [3.05, 3.63) is 63.5 Å². The summed E-state index contributed by atoms with van der Waals surface area (Å²) in [5.41, 5.74) is 5.40. The largest absolute Gasteiger partial charge is 0.302 e. The Morgan fingerprint density at radius 1 is 1.15 bits per heavy atom. The first-order valence-corrected chi connectivity index (χ1v) is 13.5. The first kappa shape index (κ1) is 23.9. The maximum atomic E-state index is 13.0. The Bertz CT molecular complexity index is 1260. The molecule has 2 heterocycles. The quantitative estimate of drug-likeness (QED) is 0.503. The summed E-state index contributed by atoms with van der Waals surface area (Å²) in [5.74, 6) is -0.639. The number of halogens is 1. The van der Waals surface area contributed by atoms with Crippen LogP contribution in [0.4, 0.5) is 5.13 Å². The van der Waals surface area contributed by atoms with Crippen LogP contribution in [0.3, 0.4) is 0 Å². The van der Waals surface area contributed by atoms with Crippen molar-refractivity contribution in [1.29, 1.82) is 0 Å². The summed E-state index contributed by atoms with van der Waals surface area (Å²) in [6, 6.07) is 10.3. The summed E-state index contributed by atoms with van der Waals surface area (Å²) in [5, 5.41) is 5.84. The fraction of sp³-hybridized carbons (Fsp3) is 0.333. The third kappa shape index (κ3) is 5.14. The lowest BCUT2D eigenvalue weighted by molar-refractivity contribution is -0.120. The van der Waals surface area contributed by atoms with E-state index in [1.54, 1.807) is 12.1 Å². The standard InChI is InChI=1S/C24H26ClN3O3S2/c1-15-11-16(2)22(17(3)12-15)21-14-32-24(26-21)27-23(29)18-5-4-10-28(13-18)33(30,31)20-8-6-19(25)7-9-20/h6-9,11-12,14,18H,4-5,10,13H2,1-3H3,(H,26,27,29). The first-order chi connectivity index (χ1) is 15.6. The first-order valence-electron chi connectivity index (χ1n) is 10.8. The second kappa shape index (κ2) is 9.54. The zero-order valence-corrected chi connectivity index (χ0v) is 21.1. The molecule has 0 saturated carbocycles. The third-order valence-corrected chi connectivity index (χ3v) is 8.76. The molecule has 0 spiro atoms. The minimum Gasteiger partial charge on any atom is -0.302 e. The van der Waals surface area contributed by atoms with Gasteiger partial charge in [-0.15, -0.1) is 11.3 Å². The van der Waals surface area contributed by atoms with Crippen molar-refractivity contribution in [3.63, 3.8) is 0 Å². The topological polar surface area (TPSA) is 79.4 Å². The van der Waals surface area contributed by atoms with Gasteiger partial charge in [-0.2, -0.15) is 4.31 Å². The molecule has 1 amide bonds. The predicted octanol–water partition coefficient (Wildman–Crippen LogP) is 5.43. The molecule has 1 unspecified atom stereocenters. The van der Waals surface area contributed by atoms with Crippen molar-refractivity contribution in [2.45, 2.75) is 38.5 Å². The summed E-state index contributed by atoms with van der Waals surface area (Å²) in [6.07, 6.45) is 1.25. The van der Waals surface area contributed by atoms with Crippen LogP contribution in [0.15, 0.2) is 46.7 Å². The second-order valence-corrected chi connectivity index (χ2v) is 11.7. The molecule has 1 atom stereocenters.